The molecule has 5 nitrogen and oxygen atoms in total. The summed E-state index contributed by atoms with van der Waals surface area (Å²) in [7, 11) is 1.69. The monoisotopic (exact) mass is 443 g/mol. The van der Waals surface area contributed by atoms with Gasteiger partial charge in [0.2, 0.25) is 5.91 Å². The van der Waals surface area contributed by atoms with E-state index in [-0.39, 0.29) is 5.91 Å². The molecule has 0 saturated carbocycles. The number of likely N-dealkylation sites (tertiary alicyclic amines) is 1. The Morgan fingerprint density at radius 3 is 2.44 bits per heavy atom. The highest BCUT2D eigenvalue weighted by molar-refractivity contribution is 5.76. The molecule has 0 aliphatic carbocycles. The van der Waals surface area contributed by atoms with Gasteiger partial charge in [-0.2, -0.15) is 0 Å². The molecular formula is C25H31F2N3O2. The summed E-state index contributed by atoms with van der Waals surface area (Å²) in [6.07, 6.45) is 2.26. The summed E-state index contributed by atoms with van der Waals surface area (Å²) in [4.78, 5) is 19.4. The minimum atomic E-state index is -0.866. The molecule has 1 amide bonds. The molecule has 7 heteroatoms. The van der Waals surface area contributed by atoms with Crippen LogP contribution < -0.4 is 4.74 Å². The van der Waals surface area contributed by atoms with Gasteiger partial charge < -0.3 is 9.64 Å². The van der Waals surface area contributed by atoms with Gasteiger partial charge >= 0.3 is 0 Å². The predicted molar refractivity (Wildman–Crippen MR) is 119 cm³/mol. The molecule has 0 radical (unpaired) electrons. The van der Waals surface area contributed by atoms with Crippen molar-refractivity contribution in [2.75, 3.05) is 39.8 Å². The predicted octanol–water partition coefficient (Wildman–Crippen LogP) is 3.67. The van der Waals surface area contributed by atoms with Crippen molar-refractivity contribution in [3.05, 3.63) is 65.2 Å². The van der Waals surface area contributed by atoms with Gasteiger partial charge in [-0.3, -0.25) is 14.6 Å². The van der Waals surface area contributed by atoms with Gasteiger partial charge in [0.25, 0.3) is 0 Å². The maximum atomic E-state index is 13.5. The van der Waals surface area contributed by atoms with Crippen LogP contribution in [0.25, 0.3) is 0 Å². The largest absolute Gasteiger partial charge is 0.497 e. The second-order valence-corrected chi connectivity index (χ2v) is 8.71. The SMILES string of the molecule is COc1cccc(CN2CCN(C3CCC(=O)N(Cc4ccc(F)c(F)c4)CC3)CC2)c1. The van der Waals surface area contributed by atoms with E-state index in [4.69, 9.17) is 4.74 Å². The van der Waals surface area contributed by atoms with Gasteiger partial charge in [-0.05, 0) is 48.2 Å². The fraction of sp³-hybridized carbons (Fsp3) is 0.480. The number of methoxy groups -OCH3 is 1. The number of carbonyl (C=O) groups excluding carboxylic acids is 1. The number of amides is 1. The van der Waals surface area contributed by atoms with Crippen LogP contribution >= 0.6 is 0 Å². The standard InChI is InChI=1S/C25H31F2N3O2/c1-32-22-4-2-3-19(15-22)17-28-11-13-29(14-12-28)21-6-8-25(31)30(10-9-21)18-20-5-7-23(26)24(27)16-20/h2-5,7,15-16,21H,6,8-14,17-18H2,1H3. The molecule has 2 fully saturated rings. The summed E-state index contributed by atoms with van der Waals surface area (Å²) in [6, 6.07) is 12.5. The molecule has 172 valence electrons. The van der Waals surface area contributed by atoms with E-state index in [1.54, 1.807) is 18.1 Å². The van der Waals surface area contributed by atoms with E-state index in [0.29, 0.717) is 31.1 Å². The van der Waals surface area contributed by atoms with Crippen molar-refractivity contribution in [1.82, 2.24) is 14.7 Å². The number of benzene rings is 2. The number of hydrogen-bond donors (Lipinski definition) is 0. The zero-order valence-electron chi connectivity index (χ0n) is 18.6. The van der Waals surface area contributed by atoms with Crippen LogP contribution in [0, 0.1) is 11.6 Å². The van der Waals surface area contributed by atoms with Gasteiger partial charge in [0, 0.05) is 58.3 Å². The van der Waals surface area contributed by atoms with Crippen molar-refractivity contribution in [1.29, 1.82) is 0 Å². The van der Waals surface area contributed by atoms with Gasteiger partial charge in [-0.25, -0.2) is 8.78 Å². The highest BCUT2D eigenvalue weighted by Gasteiger charge is 2.28. The molecule has 0 aromatic heterocycles. The average molecular weight is 444 g/mol. The van der Waals surface area contributed by atoms with Crippen LogP contribution in [-0.4, -0.2) is 66.5 Å². The summed E-state index contributed by atoms with van der Waals surface area (Å²) in [6.45, 7) is 5.87. The van der Waals surface area contributed by atoms with Crippen molar-refractivity contribution < 1.29 is 18.3 Å². The molecular weight excluding hydrogens is 412 g/mol. The summed E-state index contributed by atoms with van der Waals surface area (Å²) in [5.74, 6) is -0.748. The van der Waals surface area contributed by atoms with Crippen LogP contribution in [0.2, 0.25) is 0 Å². The van der Waals surface area contributed by atoms with Crippen LogP contribution in [0.3, 0.4) is 0 Å². The topological polar surface area (TPSA) is 36.0 Å². The molecule has 2 aliphatic heterocycles. The summed E-state index contributed by atoms with van der Waals surface area (Å²) in [5, 5.41) is 0. The first kappa shape index (κ1) is 22.7. The van der Waals surface area contributed by atoms with Crippen molar-refractivity contribution in [3.8, 4) is 5.75 Å². The number of piperazine rings is 1. The molecule has 4 rings (SSSR count). The van der Waals surface area contributed by atoms with Crippen LogP contribution in [0.15, 0.2) is 42.5 Å². The van der Waals surface area contributed by atoms with Crippen molar-refractivity contribution in [2.24, 2.45) is 0 Å². The maximum Gasteiger partial charge on any atom is 0.222 e. The molecule has 2 aromatic rings. The number of carbonyl (C=O) groups is 1. The van der Waals surface area contributed by atoms with Gasteiger partial charge in [-0.1, -0.05) is 18.2 Å². The van der Waals surface area contributed by atoms with Crippen molar-refractivity contribution in [3.63, 3.8) is 0 Å². The number of ether oxygens (including phenoxy) is 1. The molecule has 1 atom stereocenters. The Labute approximate surface area is 188 Å². The zero-order chi connectivity index (χ0) is 22.5. The lowest BCUT2D eigenvalue weighted by Crippen LogP contribution is -2.50. The molecule has 0 N–H and O–H groups in total. The maximum absolute atomic E-state index is 13.5. The van der Waals surface area contributed by atoms with Crippen molar-refractivity contribution in [2.45, 2.75) is 38.4 Å². The van der Waals surface area contributed by atoms with Gasteiger partial charge in [0.1, 0.15) is 5.75 Å². The fourth-order valence-electron chi connectivity index (χ4n) is 4.73. The molecule has 2 heterocycles. The third-order valence-electron chi connectivity index (χ3n) is 6.60. The lowest BCUT2D eigenvalue weighted by Gasteiger charge is -2.39. The molecule has 32 heavy (non-hydrogen) atoms. The van der Waals surface area contributed by atoms with E-state index >= 15 is 0 Å². The smallest absolute Gasteiger partial charge is 0.222 e. The quantitative estimate of drug-likeness (QED) is 0.683. The zero-order valence-corrected chi connectivity index (χ0v) is 18.6. The first-order valence-electron chi connectivity index (χ1n) is 11.3. The van der Waals surface area contributed by atoms with Crippen LogP contribution in [0.5, 0.6) is 5.75 Å². The molecule has 0 spiro atoms. The Bertz CT molecular complexity index is 931. The second kappa shape index (κ2) is 10.4. The van der Waals surface area contributed by atoms with E-state index in [9.17, 15) is 13.6 Å². The molecule has 1 unspecified atom stereocenters. The lowest BCUT2D eigenvalue weighted by atomic mass is 10.1. The Kier molecular flexibility index (Phi) is 7.37. The van der Waals surface area contributed by atoms with Gasteiger partial charge in [0.05, 0.1) is 7.11 Å². The molecule has 2 aromatic carbocycles. The third kappa shape index (κ3) is 5.64. The lowest BCUT2D eigenvalue weighted by molar-refractivity contribution is -0.131. The average Bonchev–Trinajstić information content (AvgIpc) is 2.99. The van der Waals surface area contributed by atoms with E-state index in [2.05, 4.69) is 21.9 Å². The minimum Gasteiger partial charge on any atom is -0.497 e. The number of hydrogen-bond acceptors (Lipinski definition) is 4. The van der Waals surface area contributed by atoms with Crippen LogP contribution in [0.1, 0.15) is 30.4 Å². The van der Waals surface area contributed by atoms with E-state index in [0.717, 1.165) is 57.4 Å². The fourth-order valence-corrected chi connectivity index (χ4v) is 4.73. The molecule has 0 bridgehead atoms. The van der Waals surface area contributed by atoms with E-state index in [1.807, 2.05) is 12.1 Å². The third-order valence-corrected chi connectivity index (χ3v) is 6.60. The Hall–Kier alpha value is -2.51. The van der Waals surface area contributed by atoms with E-state index in [1.165, 1.54) is 11.6 Å². The molecule has 2 aliphatic rings. The summed E-state index contributed by atoms with van der Waals surface area (Å²) >= 11 is 0. The number of nitrogens with zero attached hydrogens (tertiary/aromatic N) is 3. The van der Waals surface area contributed by atoms with Gasteiger partial charge in [0.15, 0.2) is 11.6 Å². The summed E-state index contributed by atoms with van der Waals surface area (Å²) in [5.41, 5.74) is 1.88. The van der Waals surface area contributed by atoms with Gasteiger partial charge in [-0.15, -0.1) is 0 Å². The number of halogens is 2. The minimum absolute atomic E-state index is 0.0916. The Morgan fingerprint density at radius 1 is 0.906 bits per heavy atom. The highest BCUT2D eigenvalue weighted by Crippen LogP contribution is 2.22. The van der Waals surface area contributed by atoms with E-state index < -0.39 is 11.6 Å². The van der Waals surface area contributed by atoms with Crippen molar-refractivity contribution >= 4 is 5.91 Å². The number of rotatable bonds is 6. The first-order chi connectivity index (χ1) is 15.5. The normalized spacial score (nSPS) is 20.9. The first-order valence-corrected chi connectivity index (χ1v) is 11.3. The van der Waals surface area contributed by atoms with Crippen LogP contribution in [0.4, 0.5) is 8.78 Å². The summed E-state index contributed by atoms with van der Waals surface area (Å²) < 4.78 is 32.0. The van der Waals surface area contributed by atoms with Crippen LogP contribution in [-0.2, 0) is 17.9 Å². The molecule has 2 saturated heterocycles. The second-order valence-electron chi connectivity index (χ2n) is 8.71. The Balaban J connectivity index is 1.28. The highest BCUT2D eigenvalue weighted by atomic mass is 19.2. The Morgan fingerprint density at radius 2 is 1.69 bits per heavy atom.